The van der Waals surface area contributed by atoms with Gasteiger partial charge in [0.25, 0.3) is 0 Å². The molecule has 2 aromatic rings. The highest BCUT2D eigenvalue weighted by molar-refractivity contribution is 5.85. The third-order valence-electron chi connectivity index (χ3n) is 4.58. The van der Waals surface area contributed by atoms with Gasteiger partial charge in [0.05, 0.1) is 18.2 Å². The molecule has 0 saturated carbocycles. The van der Waals surface area contributed by atoms with Gasteiger partial charge in [-0.1, -0.05) is 30.3 Å². The van der Waals surface area contributed by atoms with Gasteiger partial charge in [-0.15, -0.1) is 12.4 Å². The molecule has 5 nitrogen and oxygen atoms in total. The van der Waals surface area contributed by atoms with Crippen LogP contribution in [0.15, 0.2) is 30.3 Å². The predicted molar refractivity (Wildman–Crippen MR) is 97.3 cm³/mol. The number of amides is 1. The zero-order chi connectivity index (χ0) is 16.2. The number of carbonyl (C=O) groups is 1. The van der Waals surface area contributed by atoms with Crippen molar-refractivity contribution in [2.24, 2.45) is 5.92 Å². The van der Waals surface area contributed by atoms with Gasteiger partial charge in [0.15, 0.2) is 0 Å². The minimum atomic E-state index is 0. The number of halogens is 1. The molecule has 0 radical (unpaired) electrons. The summed E-state index contributed by atoms with van der Waals surface area (Å²) in [6.45, 7) is 7.12. The molecule has 1 amide bonds. The fourth-order valence-corrected chi connectivity index (χ4v) is 3.10. The highest BCUT2D eigenvalue weighted by Crippen LogP contribution is 2.15. The molecule has 130 valence electrons. The summed E-state index contributed by atoms with van der Waals surface area (Å²) < 4.78 is 2.02. The molecule has 1 aromatic heterocycles. The molecule has 24 heavy (non-hydrogen) atoms. The van der Waals surface area contributed by atoms with Gasteiger partial charge < -0.3 is 10.6 Å². The second-order valence-corrected chi connectivity index (χ2v) is 6.20. The zero-order valence-electron chi connectivity index (χ0n) is 14.2. The Kier molecular flexibility index (Phi) is 6.40. The molecule has 0 bridgehead atoms. The minimum absolute atomic E-state index is 0. The Morgan fingerprint density at radius 2 is 2.08 bits per heavy atom. The lowest BCUT2D eigenvalue weighted by atomic mass is 10.1. The second-order valence-electron chi connectivity index (χ2n) is 6.20. The third kappa shape index (κ3) is 4.16. The molecule has 1 aliphatic heterocycles. The van der Waals surface area contributed by atoms with Crippen molar-refractivity contribution < 1.29 is 4.79 Å². The molecular formula is C18H25ClN4O. The van der Waals surface area contributed by atoms with Crippen molar-refractivity contribution in [1.82, 2.24) is 20.4 Å². The second kappa shape index (κ2) is 8.31. The Bertz CT molecular complexity index is 678. The van der Waals surface area contributed by atoms with Gasteiger partial charge in [0, 0.05) is 24.3 Å². The molecule has 0 aliphatic carbocycles. The van der Waals surface area contributed by atoms with E-state index >= 15 is 0 Å². The number of aromatic nitrogens is 2. The largest absolute Gasteiger partial charge is 0.352 e. The van der Waals surface area contributed by atoms with Crippen molar-refractivity contribution >= 4 is 18.3 Å². The molecule has 6 heteroatoms. The van der Waals surface area contributed by atoms with Gasteiger partial charge in [-0.05, 0) is 32.4 Å². The molecule has 2 heterocycles. The molecule has 3 rings (SSSR count). The van der Waals surface area contributed by atoms with Gasteiger partial charge in [0.1, 0.15) is 0 Å². The van der Waals surface area contributed by atoms with Crippen molar-refractivity contribution in [3.8, 4) is 0 Å². The number of aryl methyl sites for hydroxylation is 1. The molecule has 0 spiro atoms. The monoisotopic (exact) mass is 348 g/mol. The summed E-state index contributed by atoms with van der Waals surface area (Å²) >= 11 is 0. The Hall–Kier alpha value is -1.85. The Morgan fingerprint density at radius 1 is 1.33 bits per heavy atom. The number of carbonyl (C=O) groups excluding carboxylic acids is 1. The van der Waals surface area contributed by atoms with Crippen molar-refractivity contribution in [3.05, 3.63) is 52.8 Å². The summed E-state index contributed by atoms with van der Waals surface area (Å²) in [6, 6.07) is 10.3. The van der Waals surface area contributed by atoms with Gasteiger partial charge >= 0.3 is 0 Å². The smallest absolute Gasteiger partial charge is 0.224 e. The lowest BCUT2D eigenvalue weighted by Crippen LogP contribution is -2.31. The van der Waals surface area contributed by atoms with Crippen LogP contribution < -0.4 is 10.6 Å². The van der Waals surface area contributed by atoms with Crippen LogP contribution in [0, 0.1) is 19.8 Å². The molecule has 1 fully saturated rings. The van der Waals surface area contributed by atoms with Crippen LogP contribution in [0.2, 0.25) is 0 Å². The Labute approximate surface area is 149 Å². The van der Waals surface area contributed by atoms with E-state index in [1.807, 2.05) is 29.8 Å². The van der Waals surface area contributed by atoms with Crippen LogP contribution >= 0.6 is 12.4 Å². The standard InChI is InChI=1S/C18H24N4O.ClH/c1-13-17(11-20-18(23)16-8-9-19-10-16)14(2)22(21-13)12-15-6-4-3-5-7-15;/h3-7,16,19H,8-12H2,1-2H3,(H,20,23);1H. The zero-order valence-corrected chi connectivity index (χ0v) is 15.0. The molecule has 1 atom stereocenters. The fourth-order valence-electron chi connectivity index (χ4n) is 3.10. The average Bonchev–Trinajstić information content (AvgIpc) is 3.17. The van der Waals surface area contributed by atoms with Crippen LogP contribution in [0.5, 0.6) is 0 Å². The number of hydrogen-bond acceptors (Lipinski definition) is 3. The molecule has 1 unspecified atom stereocenters. The highest BCUT2D eigenvalue weighted by atomic mass is 35.5. The van der Waals surface area contributed by atoms with Crippen LogP contribution in [0.3, 0.4) is 0 Å². The van der Waals surface area contributed by atoms with Crippen LogP contribution in [0.25, 0.3) is 0 Å². The normalized spacial score (nSPS) is 16.7. The first kappa shape index (κ1) is 18.5. The maximum absolute atomic E-state index is 12.2. The van der Waals surface area contributed by atoms with E-state index in [0.717, 1.165) is 43.0 Å². The molecule has 1 aromatic carbocycles. The summed E-state index contributed by atoms with van der Waals surface area (Å²) in [6.07, 6.45) is 0.928. The van der Waals surface area contributed by atoms with E-state index in [-0.39, 0.29) is 24.2 Å². The number of rotatable bonds is 5. The highest BCUT2D eigenvalue weighted by Gasteiger charge is 2.22. The van der Waals surface area contributed by atoms with Gasteiger partial charge in [0.2, 0.25) is 5.91 Å². The fraction of sp³-hybridized carbons (Fsp3) is 0.444. The average molecular weight is 349 g/mol. The number of hydrogen-bond donors (Lipinski definition) is 2. The van der Waals surface area contributed by atoms with Gasteiger partial charge in [-0.25, -0.2) is 0 Å². The molecule has 2 N–H and O–H groups in total. The van der Waals surface area contributed by atoms with Crippen LogP contribution in [0.4, 0.5) is 0 Å². The molecule has 1 saturated heterocycles. The number of nitrogens with zero attached hydrogens (tertiary/aromatic N) is 2. The number of benzene rings is 1. The lowest BCUT2D eigenvalue weighted by molar-refractivity contribution is -0.124. The van der Waals surface area contributed by atoms with E-state index in [4.69, 9.17) is 0 Å². The SMILES string of the molecule is Cc1nn(Cc2ccccc2)c(C)c1CNC(=O)C1CCNC1.Cl. The van der Waals surface area contributed by atoms with Crippen molar-refractivity contribution in [1.29, 1.82) is 0 Å². The summed E-state index contributed by atoms with van der Waals surface area (Å²) in [5.74, 6) is 0.250. The van der Waals surface area contributed by atoms with Crippen molar-refractivity contribution in [3.63, 3.8) is 0 Å². The number of nitrogens with one attached hydrogen (secondary N) is 2. The van der Waals surface area contributed by atoms with E-state index < -0.39 is 0 Å². The van der Waals surface area contributed by atoms with Gasteiger partial charge in [-0.2, -0.15) is 5.10 Å². The van der Waals surface area contributed by atoms with Crippen molar-refractivity contribution in [2.75, 3.05) is 13.1 Å². The lowest BCUT2D eigenvalue weighted by Gasteiger charge is -2.10. The van der Waals surface area contributed by atoms with E-state index in [0.29, 0.717) is 6.54 Å². The van der Waals surface area contributed by atoms with Crippen LogP contribution in [0.1, 0.15) is 28.9 Å². The van der Waals surface area contributed by atoms with Gasteiger partial charge in [-0.3, -0.25) is 9.48 Å². The summed E-state index contributed by atoms with van der Waals surface area (Å²) in [4.78, 5) is 12.2. The summed E-state index contributed by atoms with van der Waals surface area (Å²) in [5.41, 5.74) is 4.46. The first-order valence-corrected chi connectivity index (χ1v) is 8.20. The molecular weight excluding hydrogens is 324 g/mol. The van der Waals surface area contributed by atoms with Crippen LogP contribution in [-0.2, 0) is 17.9 Å². The molecule has 1 aliphatic rings. The quantitative estimate of drug-likeness (QED) is 0.870. The maximum atomic E-state index is 12.2. The van der Waals surface area contributed by atoms with Crippen LogP contribution in [-0.4, -0.2) is 28.8 Å². The Balaban J connectivity index is 0.00000208. The Morgan fingerprint density at radius 3 is 2.75 bits per heavy atom. The topological polar surface area (TPSA) is 59.0 Å². The van der Waals surface area contributed by atoms with E-state index in [2.05, 4.69) is 34.8 Å². The summed E-state index contributed by atoms with van der Waals surface area (Å²) in [5, 5.41) is 10.9. The van der Waals surface area contributed by atoms with Crippen molar-refractivity contribution in [2.45, 2.75) is 33.4 Å². The van der Waals surface area contributed by atoms with E-state index in [1.165, 1.54) is 5.56 Å². The third-order valence-corrected chi connectivity index (χ3v) is 4.58. The van der Waals surface area contributed by atoms with E-state index in [1.54, 1.807) is 0 Å². The predicted octanol–water partition coefficient (Wildman–Crippen LogP) is 2.20. The summed E-state index contributed by atoms with van der Waals surface area (Å²) in [7, 11) is 0. The van der Waals surface area contributed by atoms with E-state index in [9.17, 15) is 4.79 Å². The first-order valence-electron chi connectivity index (χ1n) is 8.20. The first-order chi connectivity index (χ1) is 11.1. The minimum Gasteiger partial charge on any atom is -0.352 e. The maximum Gasteiger partial charge on any atom is 0.224 e.